The van der Waals surface area contributed by atoms with E-state index in [0.717, 1.165) is 13.0 Å². The van der Waals surface area contributed by atoms with Gasteiger partial charge in [-0.15, -0.1) is 0 Å². The molecule has 0 bridgehead atoms. The topological polar surface area (TPSA) is 78.9 Å². The average Bonchev–Trinajstić information content (AvgIpc) is 2.75. The molecule has 0 radical (unpaired) electrons. The van der Waals surface area contributed by atoms with Gasteiger partial charge >= 0.3 is 12.0 Å². The number of ether oxygens (including phenoxy) is 1. The molecule has 0 aromatic rings. The van der Waals surface area contributed by atoms with Crippen LogP contribution in [-0.4, -0.2) is 55.4 Å². The third-order valence-corrected chi connectivity index (χ3v) is 2.57. The summed E-state index contributed by atoms with van der Waals surface area (Å²) < 4.78 is 5.19. The second-order valence-electron chi connectivity index (χ2n) is 3.98. The molecule has 92 valence electrons. The number of carbonyl (C=O) groups is 2. The van der Waals surface area contributed by atoms with Crippen molar-refractivity contribution < 1.29 is 19.4 Å². The summed E-state index contributed by atoms with van der Waals surface area (Å²) in [5.74, 6) is -0.513. The lowest BCUT2D eigenvalue weighted by molar-refractivity contribution is -0.137. The van der Waals surface area contributed by atoms with Crippen molar-refractivity contribution in [2.24, 2.45) is 5.92 Å². The first kappa shape index (κ1) is 12.8. The monoisotopic (exact) mass is 230 g/mol. The molecule has 1 aliphatic rings. The second-order valence-corrected chi connectivity index (χ2v) is 3.98. The lowest BCUT2D eigenvalue weighted by Gasteiger charge is -2.18. The molecule has 16 heavy (non-hydrogen) atoms. The van der Waals surface area contributed by atoms with Gasteiger partial charge in [-0.1, -0.05) is 0 Å². The molecule has 2 N–H and O–H groups in total. The molecular formula is C10H18N2O4. The van der Waals surface area contributed by atoms with Gasteiger partial charge in [-0.2, -0.15) is 0 Å². The summed E-state index contributed by atoms with van der Waals surface area (Å²) in [5.41, 5.74) is 0. The van der Waals surface area contributed by atoms with Crippen molar-refractivity contribution in [3.05, 3.63) is 0 Å². The van der Waals surface area contributed by atoms with E-state index in [-0.39, 0.29) is 19.0 Å². The molecule has 0 saturated carbocycles. The average molecular weight is 230 g/mol. The summed E-state index contributed by atoms with van der Waals surface area (Å²) in [4.78, 5) is 23.2. The van der Waals surface area contributed by atoms with E-state index >= 15 is 0 Å². The molecule has 1 heterocycles. The fraction of sp³-hybridized carbons (Fsp3) is 0.800. The number of amides is 2. The molecule has 1 aliphatic heterocycles. The van der Waals surface area contributed by atoms with E-state index in [2.05, 4.69) is 5.32 Å². The van der Waals surface area contributed by atoms with Crippen LogP contribution in [-0.2, 0) is 9.53 Å². The standard InChI is InChI=1S/C10H18N2O4/c1-12(4-2-9(13)14)10(15)11-6-8-3-5-16-7-8/h8H,2-7H2,1H3,(H,11,15)(H,13,14). The maximum atomic E-state index is 11.5. The Morgan fingerprint density at radius 3 is 2.88 bits per heavy atom. The third kappa shape index (κ3) is 4.48. The largest absolute Gasteiger partial charge is 0.481 e. The number of urea groups is 1. The first-order chi connectivity index (χ1) is 7.59. The summed E-state index contributed by atoms with van der Waals surface area (Å²) in [5, 5.41) is 11.2. The molecule has 2 amide bonds. The molecule has 0 spiro atoms. The number of carboxylic acids is 1. The van der Waals surface area contributed by atoms with Gasteiger partial charge in [0.15, 0.2) is 0 Å². The minimum absolute atomic E-state index is 0.0313. The van der Waals surface area contributed by atoms with Crippen LogP contribution in [0.15, 0.2) is 0 Å². The van der Waals surface area contributed by atoms with Crippen molar-refractivity contribution in [3.63, 3.8) is 0 Å². The van der Waals surface area contributed by atoms with Gasteiger partial charge in [0.2, 0.25) is 0 Å². The van der Waals surface area contributed by atoms with E-state index in [1.807, 2.05) is 0 Å². The fourth-order valence-corrected chi connectivity index (χ4v) is 1.48. The summed E-state index contributed by atoms with van der Waals surface area (Å²) >= 11 is 0. The second kappa shape index (κ2) is 6.32. The molecule has 1 rings (SSSR count). The number of rotatable bonds is 5. The Hall–Kier alpha value is -1.30. The number of carboxylic acid groups (broad SMARTS) is 1. The first-order valence-corrected chi connectivity index (χ1v) is 5.38. The number of aliphatic carboxylic acids is 1. The maximum Gasteiger partial charge on any atom is 0.317 e. The van der Waals surface area contributed by atoms with E-state index in [1.165, 1.54) is 4.90 Å². The zero-order chi connectivity index (χ0) is 12.0. The van der Waals surface area contributed by atoms with Gasteiger partial charge in [-0.3, -0.25) is 4.79 Å². The fourth-order valence-electron chi connectivity index (χ4n) is 1.48. The molecule has 0 aliphatic carbocycles. The lowest BCUT2D eigenvalue weighted by Crippen LogP contribution is -2.40. The number of carbonyl (C=O) groups excluding carboxylic acids is 1. The predicted molar refractivity (Wildman–Crippen MR) is 57.2 cm³/mol. The molecule has 1 atom stereocenters. The highest BCUT2D eigenvalue weighted by atomic mass is 16.5. The van der Waals surface area contributed by atoms with Gasteiger partial charge in [0.1, 0.15) is 0 Å². The van der Waals surface area contributed by atoms with Crippen molar-refractivity contribution in [2.45, 2.75) is 12.8 Å². The molecular weight excluding hydrogens is 212 g/mol. The highest BCUT2D eigenvalue weighted by molar-refractivity contribution is 5.74. The van der Waals surface area contributed by atoms with Gasteiger partial charge in [0, 0.05) is 32.7 Å². The van der Waals surface area contributed by atoms with Crippen LogP contribution in [0.5, 0.6) is 0 Å². The number of hydrogen-bond acceptors (Lipinski definition) is 3. The Labute approximate surface area is 94.6 Å². The van der Waals surface area contributed by atoms with Crippen molar-refractivity contribution in [1.29, 1.82) is 0 Å². The Kier molecular flexibility index (Phi) is 5.04. The minimum Gasteiger partial charge on any atom is -0.481 e. The Morgan fingerprint density at radius 2 is 2.31 bits per heavy atom. The third-order valence-electron chi connectivity index (χ3n) is 2.57. The van der Waals surface area contributed by atoms with Gasteiger partial charge < -0.3 is 20.1 Å². The van der Waals surface area contributed by atoms with E-state index in [0.29, 0.717) is 19.1 Å². The number of nitrogens with one attached hydrogen (secondary N) is 1. The SMILES string of the molecule is CN(CCC(=O)O)C(=O)NCC1CCOC1. The predicted octanol–water partition coefficient (Wildman–Crippen LogP) is 0.139. The van der Waals surface area contributed by atoms with Gasteiger partial charge in [-0.05, 0) is 6.42 Å². The van der Waals surface area contributed by atoms with Crippen LogP contribution in [0.25, 0.3) is 0 Å². The van der Waals surface area contributed by atoms with Crippen molar-refractivity contribution in [2.75, 3.05) is 33.4 Å². The molecule has 0 aromatic heterocycles. The van der Waals surface area contributed by atoms with Crippen molar-refractivity contribution >= 4 is 12.0 Å². The zero-order valence-electron chi connectivity index (χ0n) is 9.44. The smallest absolute Gasteiger partial charge is 0.317 e. The Bertz CT molecular complexity index is 251. The van der Waals surface area contributed by atoms with E-state index in [1.54, 1.807) is 7.05 Å². The highest BCUT2D eigenvalue weighted by Crippen LogP contribution is 2.10. The molecule has 6 nitrogen and oxygen atoms in total. The zero-order valence-corrected chi connectivity index (χ0v) is 9.44. The van der Waals surface area contributed by atoms with Crippen LogP contribution in [0.3, 0.4) is 0 Å². The molecule has 0 aromatic carbocycles. The molecule has 6 heteroatoms. The van der Waals surface area contributed by atoms with Gasteiger partial charge in [-0.25, -0.2) is 4.79 Å². The van der Waals surface area contributed by atoms with Crippen LogP contribution in [0, 0.1) is 5.92 Å². The minimum atomic E-state index is -0.899. The summed E-state index contributed by atoms with van der Waals surface area (Å²) in [6.07, 6.45) is 0.940. The van der Waals surface area contributed by atoms with Crippen molar-refractivity contribution in [3.8, 4) is 0 Å². The molecule has 1 fully saturated rings. The van der Waals surface area contributed by atoms with Crippen LogP contribution in [0.2, 0.25) is 0 Å². The Balaban J connectivity index is 2.15. The Morgan fingerprint density at radius 1 is 1.56 bits per heavy atom. The van der Waals surface area contributed by atoms with Gasteiger partial charge in [0.25, 0.3) is 0 Å². The normalized spacial score (nSPS) is 19.4. The lowest BCUT2D eigenvalue weighted by atomic mass is 10.1. The molecule has 1 saturated heterocycles. The van der Waals surface area contributed by atoms with Crippen LogP contribution < -0.4 is 5.32 Å². The van der Waals surface area contributed by atoms with Crippen LogP contribution in [0.4, 0.5) is 4.79 Å². The molecule has 1 unspecified atom stereocenters. The quantitative estimate of drug-likeness (QED) is 0.704. The van der Waals surface area contributed by atoms with E-state index in [4.69, 9.17) is 9.84 Å². The van der Waals surface area contributed by atoms with Gasteiger partial charge in [0.05, 0.1) is 13.0 Å². The summed E-state index contributed by atoms with van der Waals surface area (Å²) in [7, 11) is 1.59. The summed E-state index contributed by atoms with van der Waals surface area (Å²) in [6.45, 7) is 2.27. The number of hydrogen-bond donors (Lipinski definition) is 2. The van der Waals surface area contributed by atoms with Crippen LogP contribution >= 0.6 is 0 Å². The van der Waals surface area contributed by atoms with E-state index < -0.39 is 5.97 Å². The van der Waals surface area contributed by atoms with Crippen LogP contribution in [0.1, 0.15) is 12.8 Å². The van der Waals surface area contributed by atoms with Crippen molar-refractivity contribution in [1.82, 2.24) is 10.2 Å². The highest BCUT2D eigenvalue weighted by Gasteiger charge is 2.17. The maximum absolute atomic E-state index is 11.5. The first-order valence-electron chi connectivity index (χ1n) is 5.38. The summed E-state index contributed by atoms with van der Waals surface area (Å²) in [6, 6.07) is -0.229. The van der Waals surface area contributed by atoms with E-state index in [9.17, 15) is 9.59 Å². The number of nitrogens with zero attached hydrogens (tertiary/aromatic N) is 1.